The van der Waals surface area contributed by atoms with Gasteiger partial charge >= 0.3 is 0 Å². The lowest BCUT2D eigenvalue weighted by atomic mass is 10.0. The molecule has 0 aliphatic rings. The van der Waals surface area contributed by atoms with Crippen LogP contribution in [0.5, 0.6) is 5.75 Å². The van der Waals surface area contributed by atoms with Crippen molar-refractivity contribution in [2.24, 2.45) is 0 Å². The highest BCUT2D eigenvalue weighted by Crippen LogP contribution is 2.27. The molecule has 2 aromatic heterocycles. The molecule has 2 aromatic carbocycles. The number of nitrogens with zero attached hydrogens (tertiary/aromatic N) is 3. The van der Waals surface area contributed by atoms with Crippen molar-refractivity contribution in [2.75, 3.05) is 5.73 Å². The fourth-order valence-corrected chi connectivity index (χ4v) is 2.92. The van der Waals surface area contributed by atoms with Gasteiger partial charge in [-0.3, -0.25) is 4.79 Å². The number of hydrogen-bond acceptors (Lipinski definition) is 5. The zero-order chi connectivity index (χ0) is 18.3. The monoisotopic (exact) mass is 344 g/mol. The Bertz CT molecular complexity index is 1130. The maximum Gasteiger partial charge on any atom is 0.222 e. The number of aryl methyl sites for hydroxylation is 1. The molecule has 6 nitrogen and oxygen atoms in total. The van der Waals surface area contributed by atoms with Gasteiger partial charge in [0.2, 0.25) is 5.95 Å². The van der Waals surface area contributed by atoms with E-state index >= 15 is 0 Å². The molecule has 128 valence electrons. The van der Waals surface area contributed by atoms with Crippen molar-refractivity contribution >= 4 is 17.2 Å². The summed E-state index contributed by atoms with van der Waals surface area (Å²) in [6.45, 7) is 1.86. The van der Waals surface area contributed by atoms with E-state index in [1.165, 1.54) is 16.8 Å². The van der Waals surface area contributed by atoms with Crippen molar-refractivity contribution in [3.63, 3.8) is 0 Å². The van der Waals surface area contributed by atoms with Gasteiger partial charge in [0.05, 0.1) is 17.3 Å². The fraction of sp³-hybridized carbons (Fsp3) is 0.0500. The van der Waals surface area contributed by atoms with Crippen molar-refractivity contribution in [3.8, 4) is 17.0 Å². The molecular weight excluding hydrogens is 328 g/mol. The summed E-state index contributed by atoms with van der Waals surface area (Å²) in [6, 6.07) is 16.2. The molecule has 0 unspecified atom stereocenters. The first-order valence-corrected chi connectivity index (χ1v) is 8.08. The van der Waals surface area contributed by atoms with Crippen LogP contribution >= 0.6 is 0 Å². The molecule has 0 saturated carbocycles. The van der Waals surface area contributed by atoms with Crippen LogP contribution in [-0.4, -0.2) is 25.5 Å². The largest absolute Gasteiger partial charge is 0.507 e. The highest BCUT2D eigenvalue weighted by Gasteiger charge is 2.18. The summed E-state index contributed by atoms with van der Waals surface area (Å²) in [5, 5.41) is 14.3. The second kappa shape index (κ2) is 6.00. The van der Waals surface area contributed by atoms with E-state index in [-0.39, 0.29) is 23.0 Å². The normalized spacial score (nSPS) is 11.0. The van der Waals surface area contributed by atoms with E-state index in [2.05, 4.69) is 10.1 Å². The van der Waals surface area contributed by atoms with Crippen LogP contribution < -0.4 is 5.73 Å². The molecule has 0 fully saturated rings. The quantitative estimate of drug-likeness (QED) is 0.557. The number of rotatable bonds is 3. The summed E-state index contributed by atoms with van der Waals surface area (Å²) >= 11 is 0. The van der Waals surface area contributed by atoms with Gasteiger partial charge in [-0.25, -0.2) is 4.98 Å². The number of phenols is 1. The number of anilines is 1. The SMILES string of the molecule is Cc1ccc(O)c(C(=O)c2cnn3c(N)nc(-c4ccccc4)c3c2)c1. The Hall–Kier alpha value is -3.67. The predicted octanol–water partition coefficient (Wildman–Crippen LogP) is 3.22. The second-order valence-electron chi connectivity index (χ2n) is 6.08. The van der Waals surface area contributed by atoms with Crippen LogP contribution in [0.3, 0.4) is 0 Å². The Kier molecular flexibility index (Phi) is 3.65. The summed E-state index contributed by atoms with van der Waals surface area (Å²) in [6.07, 6.45) is 1.43. The van der Waals surface area contributed by atoms with Crippen LogP contribution in [0.1, 0.15) is 21.5 Å². The van der Waals surface area contributed by atoms with Gasteiger partial charge in [-0.2, -0.15) is 9.61 Å². The summed E-state index contributed by atoms with van der Waals surface area (Å²) in [4.78, 5) is 17.2. The summed E-state index contributed by atoms with van der Waals surface area (Å²) in [5.41, 5.74) is 9.61. The van der Waals surface area contributed by atoms with Gasteiger partial charge in [0.1, 0.15) is 11.4 Å². The first-order valence-electron chi connectivity index (χ1n) is 8.08. The second-order valence-corrected chi connectivity index (χ2v) is 6.08. The number of phenolic OH excluding ortho intramolecular Hbond substituents is 1. The van der Waals surface area contributed by atoms with E-state index in [1.54, 1.807) is 18.2 Å². The molecular formula is C20H16N4O2. The lowest BCUT2D eigenvalue weighted by Crippen LogP contribution is -2.06. The predicted molar refractivity (Wildman–Crippen MR) is 99.1 cm³/mol. The average molecular weight is 344 g/mol. The third-order valence-corrected chi connectivity index (χ3v) is 4.22. The number of carbonyl (C=O) groups is 1. The minimum Gasteiger partial charge on any atom is -0.507 e. The standard InChI is InChI=1S/C20H16N4O2/c1-12-7-8-17(25)15(9-12)19(26)14-10-16-18(13-5-3-2-4-6-13)23-20(21)24(16)22-11-14/h2-11,25H,1H3,(H2,21,23). The average Bonchev–Trinajstić information content (AvgIpc) is 3.00. The maximum atomic E-state index is 12.9. The molecule has 6 heteroatoms. The zero-order valence-electron chi connectivity index (χ0n) is 14.0. The molecule has 4 aromatic rings. The number of nitrogen functional groups attached to an aromatic ring is 1. The number of aromatic hydroxyl groups is 1. The fourth-order valence-electron chi connectivity index (χ4n) is 2.92. The Labute approximate surface area is 149 Å². The number of aromatic nitrogens is 3. The van der Waals surface area contributed by atoms with Crippen molar-refractivity contribution < 1.29 is 9.90 Å². The van der Waals surface area contributed by atoms with Crippen LogP contribution in [0.25, 0.3) is 16.8 Å². The lowest BCUT2D eigenvalue weighted by molar-refractivity contribution is 0.103. The van der Waals surface area contributed by atoms with Gasteiger partial charge in [0.25, 0.3) is 0 Å². The Morgan fingerprint density at radius 2 is 1.88 bits per heavy atom. The van der Waals surface area contributed by atoms with Gasteiger partial charge < -0.3 is 10.8 Å². The molecule has 4 rings (SSSR count). The van der Waals surface area contributed by atoms with Gasteiger partial charge in [0.15, 0.2) is 5.78 Å². The van der Waals surface area contributed by atoms with Gasteiger partial charge in [0, 0.05) is 11.1 Å². The number of benzene rings is 2. The topological polar surface area (TPSA) is 93.5 Å². The minimum atomic E-state index is -0.306. The Morgan fingerprint density at radius 3 is 2.65 bits per heavy atom. The molecule has 0 radical (unpaired) electrons. The van der Waals surface area contributed by atoms with E-state index in [4.69, 9.17) is 5.73 Å². The van der Waals surface area contributed by atoms with Gasteiger partial charge in [-0.1, -0.05) is 42.0 Å². The highest BCUT2D eigenvalue weighted by atomic mass is 16.3. The molecule has 0 atom stereocenters. The molecule has 0 spiro atoms. The van der Waals surface area contributed by atoms with E-state index < -0.39 is 0 Å². The summed E-state index contributed by atoms with van der Waals surface area (Å²) < 4.78 is 1.50. The molecule has 0 amide bonds. The number of fused-ring (bicyclic) bond motifs is 1. The van der Waals surface area contributed by atoms with E-state index in [0.29, 0.717) is 16.8 Å². The van der Waals surface area contributed by atoms with Gasteiger partial charge in [-0.05, 0) is 25.1 Å². The van der Waals surface area contributed by atoms with Crippen LogP contribution in [-0.2, 0) is 0 Å². The van der Waals surface area contributed by atoms with E-state index in [0.717, 1.165) is 11.1 Å². The zero-order valence-corrected chi connectivity index (χ0v) is 14.0. The van der Waals surface area contributed by atoms with Crippen molar-refractivity contribution in [1.29, 1.82) is 0 Å². The van der Waals surface area contributed by atoms with E-state index in [1.807, 2.05) is 37.3 Å². The van der Waals surface area contributed by atoms with Crippen LogP contribution in [0.15, 0.2) is 60.8 Å². The number of carbonyl (C=O) groups excluding carboxylic acids is 1. The number of nitrogens with two attached hydrogens (primary N) is 1. The third-order valence-electron chi connectivity index (χ3n) is 4.22. The first-order chi connectivity index (χ1) is 12.5. The van der Waals surface area contributed by atoms with E-state index in [9.17, 15) is 9.90 Å². The number of ketones is 1. The summed E-state index contributed by atoms with van der Waals surface area (Å²) in [7, 11) is 0. The van der Waals surface area contributed by atoms with Crippen LogP contribution in [0, 0.1) is 6.92 Å². The van der Waals surface area contributed by atoms with Crippen molar-refractivity contribution in [1.82, 2.24) is 14.6 Å². The first kappa shape index (κ1) is 15.8. The van der Waals surface area contributed by atoms with Crippen molar-refractivity contribution in [2.45, 2.75) is 6.92 Å². The number of imidazole rings is 1. The molecule has 3 N–H and O–H groups in total. The smallest absolute Gasteiger partial charge is 0.222 e. The van der Waals surface area contributed by atoms with Crippen molar-refractivity contribution in [3.05, 3.63) is 77.5 Å². The Morgan fingerprint density at radius 1 is 1.12 bits per heavy atom. The molecule has 26 heavy (non-hydrogen) atoms. The molecule has 0 aliphatic carbocycles. The summed E-state index contributed by atoms with van der Waals surface area (Å²) in [5.74, 6) is -0.118. The third kappa shape index (κ3) is 2.57. The highest BCUT2D eigenvalue weighted by molar-refractivity contribution is 6.11. The minimum absolute atomic E-state index is 0.0585. The molecule has 2 heterocycles. The number of hydrogen-bond donors (Lipinski definition) is 2. The maximum absolute atomic E-state index is 12.9. The molecule has 0 bridgehead atoms. The Balaban J connectivity index is 1.88. The van der Waals surface area contributed by atoms with Crippen LogP contribution in [0.2, 0.25) is 0 Å². The van der Waals surface area contributed by atoms with Crippen LogP contribution in [0.4, 0.5) is 5.95 Å². The molecule has 0 saturated heterocycles. The lowest BCUT2D eigenvalue weighted by Gasteiger charge is -2.06. The molecule has 0 aliphatic heterocycles. The van der Waals surface area contributed by atoms with Gasteiger partial charge in [-0.15, -0.1) is 0 Å².